The second kappa shape index (κ2) is 5.20. The van der Waals surface area contributed by atoms with Gasteiger partial charge in [0, 0.05) is 6.42 Å². The summed E-state index contributed by atoms with van der Waals surface area (Å²) in [7, 11) is 0. The number of hydrogen-bond donors (Lipinski definition) is 1. The van der Waals surface area contributed by atoms with Crippen molar-refractivity contribution in [2.75, 3.05) is 26.6 Å². The lowest BCUT2D eigenvalue weighted by Gasteiger charge is -2.43. The summed E-state index contributed by atoms with van der Waals surface area (Å²) in [6.07, 6.45) is 1.62. The molecule has 5 rings (SSSR count). The Morgan fingerprint density at radius 3 is 2.84 bits per heavy atom. The van der Waals surface area contributed by atoms with Crippen LogP contribution >= 0.6 is 11.6 Å². The molecule has 2 aromatic rings. The number of aromatic amines is 1. The van der Waals surface area contributed by atoms with E-state index in [0.29, 0.717) is 30.5 Å². The largest absolute Gasteiger partial charge is 0.466 e. The molecule has 3 aliphatic rings. The van der Waals surface area contributed by atoms with Crippen LogP contribution in [-0.4, -0.2) is 52.2 Å². The third-order valence-corrected chi connectivity index (χ3v) is 5.69. The van der Waals surface area contributed by atoms with Crippen LogP contribution < -0.4 is 0 Å². The molecule has 2 aromatic heterocycles. The van der Waals surface area contributed by atoms with Crippen molar-refractivity contribution in [2.45, 2.75) is 37.9 Å². The number of nitrogens with one attached hydrogen (secondary N) is 1. The average Bonchev–Trinajstić information content (AvgIpc) is 3.27. The molecule has 0 aromatic carbocycles. The van der Waals surface area contributed by atoms with E-state index in [1.165, 1.54) is 0 Å². The summed E-state index contributed by atoms with van der Waals surface area (Å²) >= 11 is 6.26. The van der Waals surface area contributed by atoms with Crippen molar-refractivity contribution >= 4 is 17.2 Å². The Morgan fingerprint density at radius 2 is 2.04 bits per heavy atom. The normalized spacial score (nSPS) is 32.4. The molecule has 0 unspecified atom stereocenters. The molecule has 1 aliphatic carbocycles. The number of ether oxygens (including phenoxy) is 4. The molecule has 2 aliphatic heterocycles. The summed E-state index contributed by atoms with van der Waals surface area (Å²) in [5, 5.41) is 12.3. The fourth-order valence-corrected chi connectivity index (χ4v) is 3.94. The molecule has 1 fully saturated rings. The van der Waals surface area contributed by atoms with Crippen molar-refractivity contribution < 1.29 is 18.9 Å². The van der Waals surface area contributed by atoms with Crippen molar-refractivity contribution in [3.05, 3.63) is 27.9 Å². The van der Waals surface area contributed by atoms with E-state index in [0.717, 1.165) is 35.7 Å². The third-order valence-electron chi connectivity index (χ3n) is 5.24. The van der Waals surface area contributed by atoms with Crippen LogP contribution in [0, 0.1) is 6.92 Å². The maximum absolute atomic E-state index is 6.26. The van der Waals surface area contributed by atoms with Gasteiger partial charge >= 0.3 is 0 Å². The highest BCUT2D eigenvalue weighted by Gasteiger charge is 2.53. The Labute approximate surface area is 149 Å². The summed E-state index contributed by atoms with van der Waals surface area (Å²) < 4.78 is 25.3. The zero-order chi connectivity index (χ0) is 17.2. The monoisotopic (exact) mass is 366 g/mol. The topological polar surface area (TPSA) is 82.9 Å². The van der Waals surface area contributed by atoms with Crippen molar-refractivity contribution in [1.82, 2.24) is 19.8 Å². The van der Waals surface area contributed by atoms with Crippen LogP contribution in [0.2, 0.25) is 5.02 Å². The Kier molecular flexibility index (Phi) is 3.25. The number of aromatic nitrogens is 4. The lowest BCUT2D eigenvalue weighted by molar-refractivity contribution is -0.285. The zero-order valence-electron chi connectivity index (χ0n) is 14.1. The average molecular weight is 367 g/mol. The number of aryl methyl sites for hydroxylation is 1. The maximum Gasteiger partial charge on any atom is 0.228 e. The number of rotatable bonds is 1. The van der Waals surface area contributed by atoms with Gasteiger partial charge in [-0.1, -0.05) is 11.6 Å². The van der Waals surface area contributed by atoms with Crippen LogP contribution in [0.15, 0.2) is 11.3 Å². The van der Waals surface area contributed by atoms with Crippen LogP contribution in [0.1, 0.15) is 31.3 Å². The molecule has 134 valence electrons. The summed E-state index contributed by atoms with van der Waals surface area (Å²) in [4.78, 5) is 0. The van der Waals surface area contributed by atoms with Gasteiger partial charge in [-0.05, 0) is 25.8 Å². The third kappa shape index (κ3) is 2.11. The Hall–Kier alpha value is -1.61. The molecule has 8 nitrogen and oxygen atoms in total. The molecule has 9 heteroatoms. The minimum Gasteiger partial charge on any atom is -0.466 e. The Morgan fingerprint density at radius 1 is 1.24 bits per heavy atom. The lowest BCUT2D eigenvalue weighted by atomic mass is 9.90. The molecule has 0 amide bonds. The molecule has 0 bridgehead atoms. The van der Waals surface area contributed by atoms with Crippen LogP contribution in [-0.2, 0) is 24.4 Å². The summed E-state index contributed by atoms with van der Waals surface area (Å²) in [5.41, 5.74) is 2.16. The number of fused-ring (bicyclic) bond motifs is 2. The quantitative estimate of drug-likeness (QED) is 0.832. The molecule has 1 spiro atoms. The zero-order valence-corrected chi connectivity index (χ0v) is 14.9. The van der Waals surface area contributed by atoms with Gasteiger partial charge in [0.05, 0.1) is 30.9 Å². The van der Waals surface area contributed by atoms with Gasteiger partial charge in [-0.2, -0.15) is 0 Å². The van der Waals surface area contributed by atoms with Gasteiger partial charge in [-0.3, -0.25) is 5.10 Å². The van der Waals surface area contributed by atoms with Crippen LogP contribution in [0.4, 0.5) is 0 Å². The molecule has 4 heterocycles. The molecule has 1 saturated heterocycles. The molecular weight excluding hydrogens is 348 g/mol. The first-order valence-electron chi connectivity index (χ1n) is 8.33. The minimum atomic E-state index is -0.786. The van der Waals surface area contributed by atoms with E-state index in [4.69, 9.17) is 30.5 Å². The van der Waals surface area contributed by atoms with E-state index >= 15 is 0 Å². The molecule has 0 atom stereocenters. The van der Waals surface area contributed by atoms with Crippen LogP contribution in [0.3, 0.4) is 0 Å². The fourth-order valence-electron chi connectivity index (χ4n) is 3.77. The smallest absolute Gasteiger partial charge is 0.228 e. The van der Waals surface area contributed by atoms with Crippen molar-refractivity contribution in [1.29, 1.82) is 0 Å². The molecule has 25 heavy (non-hydrogen) atoms. The molecular formula is C16H19ClN4O4. The first-order chi connectivity index (χ1) is 12.0. The van der Waals surface area contributed by atoms with Gasteiger partial charge in [0.15, 0.2) is 24.0 Å². The van der Waals surface area contributed by atoms with E-state index in [2.05, 4.69) is 22.2 Å². The van der Waals surface area contributed by atoms with Crippen LogP contribution in [0.25, 0.3) is 5.65 Å². The second-order valence-electron chi connectivity index (χ2n) is 7.17. The van der Waals surface area contributed by atoms with E-state index in [1.807, 2.05) is 11.4 Å². The van der Waals surface area contributed by atoms with Gasteiger partial charge < -0.3 is 18.9 Å². The Bertz CT molecular complexity index is 878. The number of H-pyrrole nitrogens is 1. The van der Waals surface area contributed by atoms with Crippen LogP contribution in [0.5, 0.6) is 0 Å². The van der Waals surface area contributed by atoms with Crippen molar-refractivity contribution in [3.63, 3.8) is 0 Å². The summed E-state index contributed by atoms with van der Waals surface area (Å²) in [6.45, 7) is 5.69. The van der Waals surface area contributed by atoms with Gasteiger partial charge in [-0.25, -0.2) is 4.52 Å². The highest BCUT2D eigenvalue weighted by molar-refractivity contribution is 6.34. The molecule has 1 N–H and O–H groups in total. The summed E-state index contributed by atoms with van der Waals surface area (Å²) in [6, 6.07) is 0. The second-order valence-corrected chi connectivity index (χ2v) is 7.55. The Balaban J connectivity index is 1.45. The van der Waals surface area contributed by atoms with E-state index < -0.39 is 11.2 Å². The maximum atomic E-state index is 6.26. The standard InChI is InChI=1S/C16H19ClN4O4/c1-9-11(17)13-18-19-14(21(13)20-9)15(2)6-24-16(25-7-15)4-3-10-5-22-8-23-12(10)16/h20H,3-8H2,1-2H3. The SMILES string of the molecule is Cc1[nH]n2c(C3(C)COC4(CCC5=C4OCOC5)OC3)nnc2c1Cl. The molecule has 0 radical (unpaired) electrons. The highest BCUT2D eigenvalue weighted by atomic mass is 35.5. The van der Waals surface area contributed by atoms with E-state index in [1.54, 1.807) is 0 Å². The predicted octanol–water partition coefficient (Wildman–Crippen LogP) is 2.07. The van der Waals surface area contributed by atoms with Crippen molar-refractivity contribution in [2.24, 2.45) is 0 Å². The minimum absolute atomic E-state index is 0.246. The highest BCUT2D eigenvalue weighted by Crippen LogP contribution is 2.46. The van der Waals surface area contributed by atoms with E-state index in [-0.39, 0.29) is 6.79 Å². The first-order valence-corrected chi connectivity index (χ1v) is 8.71. The van der Waals surface area contributed by atoms with Crippen molar-refractivity contribution in [3.8, 4) is 0 Å². The number of hydrogen-bond acceptors (Lipinski definition) is 6. The van der Waals surface area contributed by atoms with Gasteiger partial charge in [-0.15, -0.1) is 10.2 Å². The fraction of sp³-hybridized carbons (Fsp3) is 0.625. The van der Waals surface area contributed by atoms with Gasteiger partial charge in [0.2, 0.25) is 5.79 Å². The number of halogens is 1. The van der Waals surface area contributed by atoms with E-state index in [9.17, 15) is 0 Å². The first kappa shape index (κ1) is 15.6. The summed E-state index contributed by atoms with van der Waals surface area (Å²) in [5.74, 6) is 0.754. The predicted molar refractivity (Wildman–Crippen MR) is 87.2 cm³/mol. The van der Waals surface area contributed by atoms with Gasteiger partial charge in [0.1, 0.15) is 5.02 Å². The van der Waals surface area contributed by atoms with Gasteiger partial charge in [0.25, 0.3) is 0 Å². The lowest BCUT2D eigenvalue weighted by Crippen LogP contribution is -2.52. The number of nitrogens with zero attached hydrogens (tertiary/aromatic N) is 3. The molecule has 0 saturated carbocycles.